The van der Waals surface area contributed by atoms with Crippen molar-refractivity contribution >= 4 is 13.4 Å². The predicted octanol–water partition coefficient (Wildman–Crippen LogP) is 0.517. The summed E-state index contributed by atoms with van der Waals surface area (Å²) in [6.07, 6.45) is 11.6. The van der Waals surface area contributed by atoms with Crippen LogP contribution in [0.3, 0.4) is 0 Å². The van der Waals surface area contributed by atoms with E-state index in [4.69, 9.17) is 19.7 Å². The maximum Gasteiger partial charge on any atom is 1.00 e. The first-order valence-corrected chi connectivity index (χ1v) is 16.4. The fraction of sp³-hybridized carbons (Fsp3) is 0.852. The zero-order chi connectivity index (χ0) is 28.5. The summed E-state index contributed by atoms with van der Waals surface area (Å²) in [7, 11) is -4.13. The molecule has 1 saturated heterocycles. The van der Waals surface area contributed by atoms with Gasteiger partial charge in [-0.1, -0.05) is 77.6 Å². The molecule has 226 valence electrons. The van der Waals surface area contributed by atoms with Crippen LogP contribution in [-0.4, -0.2) is 64.1 Å². The molecule has 0 bridgehead atoms. The molecule has 0 saturated carbocycles. The number of hydrogen-bond donors (Lipinski definition) is 3. The first-order valence-electron chi connectivity index (χ1n) is 14.6. The SMILES string of the molecule is CCCCCCCCCOCCCCCCCCCP(=O)([O-])OC[C@H]1O[C@@H](n2ccc(N)nc2=O)[C@@H](O)C1O.[Na+]. The van der Waals surface area contributed by atoms with E-state index in [0.717, 1.165) is 62.7 Å². The van der Waals surface area contributed by atoms with Crippen LogP contribution < -0.4 is 45.9 Å². The van der Waals surface area contributed by atoms with Crippen LogP contribution in [0.25, 0.3) is 0 Å². The van der Waals surface area contributed by atoms with Crippen molar-refractivity contribution < 1.29 is 63.2 Å². The molecular formula is C27H49N3NaO8P. The Morgan fingerprint density at radius 3 is 2.10 bits per heavy atom. The van der Waals surface area contributed by atoms with E-state index in [9.17, 15) is 24.5 Å². The molecule has 1 aromatic rings. The van der Waals surface area contributed by atoms with Gasteiger partial charge in [0.05, 0.1) is 6.61 Å². The normalized spacial score (nSPS) is 22.2. The first kappa shape index (κ1) is 37.7. The Bertz CT molecular complexity index is 909. The van der Waals surface area contributed by atoms with Crippen molar-refractivity contribution in [1.82, 2.24) is 9.55 Å². The summed E-state index contributed by atoms with van der Waals surface area (Å²) in [5.74, 6) is 0.00964. The van der Waals surface area contributed by atoms with Crippen LogP contribution in [0.1, 0.15) is 103 Å². The number of anilines is 1. The van der Waals surface area contributed by atoms with Gasteiger partial charge in [-0.15, -0.1) is 0 Å². The first-order chi connectivity index (χ1) is 18.7. The van der Waals surface area contributed by atoms with Crippen LogP contribution >= 0.6 is 7.60 Å². The van der Waals surface area contributed by atoms with E-state index in [2.05, 4.69) is 11.9 Å². The molecule has 13 heteroatoms. The third-order valence-corrected chi connectivity index (χ3v) is 8.42. The van der Waals surface area contributed by atoms with Gasteiger partial charge in [-0.25, -0.2) is 4.79 Å². The number of aliphatic hydroxyl groups excluding tert-OH is 2. The molecule has 0 spiro atoms. The molecule has 11 nitrogen and oxygen atoms in total. The van der Waals surface area contributed by atoms with Crippen LogP contribution in [0.2, 0.25) is 0 Å². The fourth-order valence-corrected chi connectivity index (χ4v) is 5.74. The van der Waals surface area contributed by atoms with E-state index in [1.54, 1.807) is 0 Å². The van der Waals surface area contributed by atoms with Crippen molar-refractivity contribution in [3.05, 3.63) is 22.7 Å². The molecule has 0 aliphatic carbocycles. The van der Waals surface area contributed by atoms with Crippen LogP contribution in [0, 0.1) is 0 Å². The smallest absolute Gasteiger partial charge is 0.778 e. The third kappa shape index (κ3) is 14.7. The second-order valence-electron chi connectivity index (χ2n) is 10.4. The zero-order valence-electron chi connectivity index (χ0n) is 24.5. The second-order valence-corrected chi connectivity index (χ2v) is 12.4. The molecule has 1 aliphatic rings. The molecule has 2 unspecified atom stereocenters. The minimum atomic E-state index is -4.13. The van der Waals surface area contributed by atoms with Gasteiger partial charge in [0.25, 0.3) is 0 Å². The summed E-state index contributed by atoms with van der Waals surface area (Å²) >= 11 is 0. The van der Waals surface area contributed by atoms with Crippen LogP contribution in [0.15, 0.2) is 17.1 Å². The molecule has 4 N–H and O–H groups in total. The number of nitrogen functional groups attached to an aromatic ring is 1. The summed E-state index contributed by atoms with van der Waals surface area (Å²) < 4.78 is 29.6. The van der Waals surface area contributed by atoms with E-state index in [-0.39, 0.29) is 41.5 Å². The quantitative estimate of drug-likeness (QED) is 0.0973. The summed E-state index contributed by atoms with van der Waals surface area (Å²) in [4.78, 5) is 27.9. The average molecular weight is 598 g/mol. The summed E-state index contributed by atoms with van der Waals surface area (Å²) in [6, 6.07) is 1.35. The molecule has 0 radical (unpaired) electrons. The molecule has 5 atom stereocenters. The number of nitrogens with two attached hydrogens (primary N) is 1. The molecule has 1 fully saturated rings. The molecule has 2 heterocycles. The average Bonchev–Trinajstić information content (AvgIpc) is 3.18. The van der Waals surface area contributed by atoms with Crippen LogP contribution in [0.4, 0.5) is 5.82 Å². The summed E-state index contributed by atoms with van der Waals surface area (Å²) in [6.45, 7) is 3.46. The van der Waals surface area contributed by atoms with Gasteiger partial charge in [-0.3, -0.25) is 4.57 Å². The maximum absolute atomic E-state index is 12.3. The Morgan fingerprint density at radius 1 is 0.975 bits per heavy atom. The van der Waals surface area contributed by atoms with Crippen molar-refractivity contribution in [1.29, 1.82) is 0 Å². The number of hydrogen-bond acceptors (Lipinski definition) is 10. The Balaban J connectivity index is 0.00000800. The van der Waals surface area contributed by atoms with E-state index in [1.807, 2.05) is 0 Å². The van der Waals surface area contributed by atoms with Gasteiger partial charge in [0, 0.05) is 25.6 Å². The molecule has 0 aromatic carbocycles. The number of rotatable bonds is 22. The monoisotopic (exact) mass is 597 g/mol. The van der Waals surface area contributed by atoms with Crippen LogP contribution in [0.5, 0.6) is 0 Å². The van der Waals surface area contributed by atoms with Gasteiger partial charge >= 0.3 is 35.2 Å². The Hall–Kier alpha value is -0.330. The van der Waals surface area contributed by atoms with Gasteiger partial charge in [0.2, 0.25) is 0 Å². The standard InChI is InChI=1S/C27H50N3O8P.Na/c1-2-3-4-5-7-10-13-18-36-19-14-11-8-6-9-12-15-20-39(34,35)37-21-22-24(31)25(32)26(38-22)30-17-16-23(28)29-27(30)33;/h16-17,22,24-26,31-32H,2-15,18-21H2,1H3,(H,34,35)(H2,28,29,33);/q;+1/p-1/t22-,24?,25+,26-;/m1./s1. The van der Waals surface area contributed by atoms with E-state index < -0.39 is 44.4 Å². The van der Waals surface area contributed by atoms with Crippen molar-refractivity contribution in [2.24, 2.45) is 0 Å². The van der Waals surface area contributed by atoms with Gasteiger partial charge in [-0.2, -0.15) is 4.98 Å². The number of aromatic nitrogens is 2. The minimum absolute atomic E-state index is 0. The van der Waals surface area contributed by atoms with Crippen molar-refractivity contribution in [2.45, 2.75) is 121 Å². The van der Waals surface area contributed by atoms with E-state index in [0.29, 0.717) is 6.42 Å². The predicted molar refractivity (Wildman–Crippen MR) is 148 cm³/mol. The maximum atomic E-state index is 12.3. The van der Waals surface area contributed by atoms with E-state index in [1.165, 1.54) is 50.8 Å². The molecular weight excluding hydrogens is 548 g/mol. The Kier molecular flexibility index (Phi) is 20.1. The van der Waals surface area contributed by atoms with Crippen molar-refractivity contribution in [3.8, 4) is 0 Å². The van der Waals surface area contributed by atoms with Crippen molar-refractivity contribution in [3.63, 3.8) is 0 Å². The summed E-state index contributed by atoms with van der Waals surface area (Å²) in [5, 5.41) is 20.5. The van der Waals surface area contributed by atoms with Gasteiger partial charge < -0.3 is 39.4 Å². The Labute approximate surface area is 261 Å². The topological polar surface area (TPSA) is 169 Å². The van der Waals surface area contributed by atoms with Gasteiger partial charge in [-0.05, 0) is 25.3 Å². The minimum Gasteiger partial charge on any atom is -0.778 e. The molecule has 40 heavy (non-hydrogen) atoms. The van der Waals surface area contributed by atoms with Gasteiger partial charge in [0.15, 0.2) is 6.23 Å². The molecule has 0 amide bonds. The number of aliphatic hydroxyl groups is 2. The number of ether oxygens (including phenoxy) is 2. The second kappa shape index (κ2) is 21.4. The Morgan fingerprint density at radius 2 is 1.52 bits per heavy atom. The van der Waals surface area contributed by atoms with Gasteiger partial charge in [0.1, 0.15) is 31.7 Å². The summed E-state index contributed by atoms with van der Waals surface area (Å²) in [5.41, 5.74) is 4.71. The molecule has 1 aliphatic heterocycles. The number of unbranched alkanes of at least 4 members (excludes halogenated alkanes) is 12. The fourth-order valence-electron chi connectivity index (χ4n) is 4.62. The third-order valence-electron chi connectivity index (χ3n) is 7.01. The molecule has 1 aromatic heterocycles. The molecule has 2 rings (SSSR count). The van der Waals surface area contributed by atoms with Crippen LogP contribution in [-0.2, 0) is 18.6 Å². The number of nitrogens with zero attached hydrogens (tertiary/aromatic N) is 2. The van der Waals surface area contributed by atoms with E-state index >= 15 is 0 Å². The van der Waals surface area contributed by atoms with Crippen molar-refractivity contribution in [2.75, 3.05) is 31.7 Å². The largest absolute Gasteiger partial charge is 1.00 e. The zero-order valence-corrected chi connectivity index (χ0v) is 27.3.